The highest BCUT2D eigenvalue weighted by Gasteiger charge is 2.22. The minimum atomic E-state index is -3.93. The molecule has 3 aromatic carbocycles. The molecule has 1 heterocycles. The molecule has 176 valence electrons. The van der Waals surface area contributed by atoms with Crippen LogP contribution in [0.3, 0.4) is 0 Å². The average molecular weight is 480 g/mol. The predicted octanol–water partition coefficient (Wildman–Crippen LogP) is 4.97. The summed E-state index contributed by atoms with van der Waals surface area (Å²) >= 11 is 0. The van der Waals surface area contributed by atoms with E-state index in [1.165, 1.54) is 10.2 Å². The lowest BCUT2D eigenvalue weighted by atomic mass is 10.1. The van der Waals surface area contributed by atoms with Crippen LogP contribution in [0.1, 0.15) is 18.9 Å². The Bertz CT molecular complexity index is 1420. The van der Waals surface area contributed by atoms with Crippen LogP contribution in [0, 0.1) is 0 Å². The maximum atomic E-state index is 13.6. The van der Waals surface area contributed by atoms with Gasteiger partial charge in [0.15, 0.2) is 0 Å². The lowest BCUT2D eigenvalue weighted by Gasteiger charge is -2.10. The molecule has 0 aliphatic carbocycles. The number of hydrogen-bond donors (Lipinski definition) is 1. The van der Waals surface area contributed by atoms with Gasteiger partial charge >= 0.3 is 5.97 Å². The van der Waals surface area contributed by atoms with E-state index in [0.717, 1.165) is 16.9 Å². The zero-order valence-corrected chi connectivity index (χ0v) is 19.7. The number of rotatable bonds is 9. The zero-order chi connectivity index (χ0) is 24.3. The monoisotopic (exact) mass is 479 g/mol. The number of hydrogen-bond acceptors (Lipinski definition) is 5. The molecule has 0 bridgehead atoms. The van der Waals surface area contributed by atoms with Gasteiger partial charge in [-0.2, -0.15) is 0 Å². The number of carboxylic acid groups (broad SMARTS) is 1. The van der Waals surface area contributed by atoms with Gasteiger partial charge in [0.05, 0.1) is 24.1 Å². The summed E-state index contributed by atoms with van der Waals surface area (Å²) < 4.78 is 39.1. The van der Waals surface area contributed by atoms with Gasteiger partial charge in [-0.15, -0.1) is 0 Å². The van der Waals surface area contributed by atoms with Gasteiger partial charge in [0.1, 0.15) is 11.5 Å². The van der Waals surface area contributed by atoms with Crippen LogP contribution in [-0.4, -0.2) is 37.2 Å². The van der Waals surface area contributed by atoms with Crippen LogP contribution >= 0.6 is 0 Å². The van der Waals surface area contributed by atoms with Gasteiger partial charge in [-0.3, -0.25) is 4.79 Å². The summed E-state index contributed by atoms with van der Waals surface area (Å²) in [5, 5.41) is 9.79. The number of carbonyl (C=O) groups is 1. The Hall–Kier alpha value is -3.78. The largest absolute Gasteiger partial charge is 0.497 e. The molecule has 8 heteroatoms. The van der Waals surface area contributed by atoms with Crippen LogP contribution in [0.25, 0.3) is 22.0 Å². The Morgan fingerprint density at radius 3 is 2.15 bits per heavy atom. The number of aromatic nitrogens is 1. The van der Waals surface area contributed by atoms with Crippen molar-refractivity contribution in [2.75, 3.05) is 13.7 Å². The number of fused-ring (bicyclic) bond motifs is 1. The van der Waals surface area contributed by atoms with Crippen molar-refractivity contribution in [3.05, 3.63) is 78.5 Å². The summed E-state index contributed by atoms with van der Waals surface area (Å²) in [6, 6.07) is 19.4. The number of methoxy groups -OCH3 is 1. The molecular formula is C26H25NO6S. The normalized spacial score (nSPS) is 11.5. The number of aliphatic carboxylic acids is 1. The number of nitrogens with zero attached hydrogens (tertiary/aromatic N) is 1. The second-order valence-corrected chi connectivity index (χ2v) is 9.53. The van der Waals surface area contributed by atoms with Gasteiger partial charge < -0.3 is 14.6 Å². The molecule has 0 spiro atoms. The van der Waals surface area contributed by atoms with Crippen molar-refractivity contribution in [1.82, 2.24) is 3.97 Å². The molecule has 4 rings (SSSR count). The number of benzene rings is 3. The Morgan fingerprint density at radius 2 is 1.56 bits per heavy atom. The zero-order valence-electron chi connectivity index (χ0n) is 18.9. The van der Waals surface area contributed by atoms with E-state index < -0.39 is 16.0 Å². The molecule has 0 saturated carbocycles. The van der Waals surface area contributed by atoms with Crippen LogP contribution in [0.5, 0.6) is 11.5 Å². The third-order valence-electron chi connectivity index (χ3n) is 5.58. The van der Waals surface area contributed by atoms with Gasteiger partial charge in [-0.25, -0.2) is 12.4 Å². The average Bonchev–Trinajstić information content (AvgIpc) is 3.22. The fraction of sp³-hybridized carbons (Fsp3) is 0.192. The highest BCUT2D eigenvalue weighted by atomic mass is 32.2. The lowest BCUT2D eigenvalue weighted by Crippen LogP contribution is -2.12. The molecule has 0 atom stereocenters. The molecule has 0 unspecified atom stereocenters. The topological polar surface area (TPSA) is 94.8 Å². The second-order valence-electron chi connectivity index (χ2n) is 7.71. The molecule has 1 aromatic heterocycles. The molecule has 0 radical (unpaired) electrons. The molecule has 34 heavy (non-hydrogen) atoms. The summed E-state index contributed by atoms with van der Waals surface area (Å²) in [4.78, 5) is 11.2. The number of ether oxygens (including phenoxy) is 2. The maximum absolute atomic E-state index is 13.6. The quantitative estimate of drug-likeness (QED) is 0.364. The SMILES string of the molecule is CCOc1ccc2c(CCC(=O)O)cn(S(=O)(=O)c3ccc(-c4ccc(OC)cc4)cc3)c2c1. The van der Waals surface area contributed by atoms with Crippen LogP contribution in [0.4, 0.5) is 0 Å². The van der Waals surface area contributed by atoms with Crippen molar-refractivity contribution < 1.29 is 27.8 Å². The first-order valence-electron chi connectivity index (χ1n) is 10.8. The van der Waals surface area contributed by atoms with E-state index >= 15 is 0 Å². The molecule has 0 fully saturated rings. The van der Waals surface area contributed by atoms with Crippen molar-refractivity contribution in [3.8, 4) is 22.6 Å². The Morgan fingerprint density at radius 1 is 0.941 bits per heavy atom. The first-order valence-corrected chi connectivity index (χ1v) is 12.3. The fourth-order valence-corrected chi connectivity index (χ4v) is 5.24. The van der Waals surface area contributed by atoms with E-state index in [4.69, 9.17) is 14.6 Å². The van der Waals surface area contributed by atoms with Crippen LogP contribution in [-0.2, 0) is 21.2 Å². The fourth-order valence-electron chi connectivity index (χ4n) is 3.86. The van der Waals surface area contributed by atoms with Crippen LogP contribution in [0.15, 0.2) is 77.8 Å². The van der Waals surface area contributed by atoms with Crippen molar-refractivity contribution in [2.45, 2.75) is 24.7 Å². The molecule has 0 saturated heterocycles. The standard InChI is InChI=1S/C26H25NO6S/c1-3-33-22-11-14-24-20(8-15-26(28)29)17-27(25(24)16-22)34(30,31)23-12-6-19(7-13-23)18-4-9-21(32-2)10-5-18/h4-7,9-14,16-17H,3,8,15H2,1-2H3,(H,28,29). The van der Waals surface area contributed by atoms with E-state index in [1.807, 2.05) is 31.2 Å². The second kappa shape index (κ2) is 9.61. The van der Waals surface area contributed by atoms with Crippen molar-refractivity contribution in [2.24, 2.45) is 0 Å². The highest BCUT2D eigenvalue weighted by Crippen LogP contribution is 2.31. The van der Waals surface area contributed by atoms with E-state index in [9.17, 15) is 13.2 Å². The van der Waals surface area contributed by atoms with Crippen molar-refractivity contribution in [1.29, 1.82) is 0 Å². The van der Waals surface area contributed by atoms with Crippen LogP contribution < -0.4 is 9.47 Å². The Labute approximate surface area is 198 Å². The van der Waals surface area contributed by atoms with E-state index in [1.54, 1.807) is 49.6 Å². The van der Waals surface area contributed by atoms with Gasteiger partial charge in [0, 0.05) is 24.1 Å². The Balaban J connectivity index is 1.75. The molecule has 7 nitrogen and oxygen atoms in total. The van der Waals surface area contributed by atoms with E-state index in [-0.39, 0.29) is 17.7 Å². The minimum Gasteiger partial charge on any atom is -0.497 e. The van der Waals surface area contributed by atoms with Crippen molar-refractivity contribution in [3.63, 3.8) is 0 Å². The van der Waals surface area contributed by atoms with Crippen LogP contribution in [0.2, 0.25) is 0 Å². The van der Waals surface area contributed by atoms with Gasteiger partial charge in [-0.05, 0) is 66.4 Å². The number of carboxylic acids is 1. The van der Waals surface area contributed by atoms with E-state index in [2.05, 4.69) is 0 Å². The summed E-state index contributed by atoms with van der Waals surface area (Å²) in [6.45, 7) is 2.29. The first-order chi connectivity index (χ1) is 16.3. The smallest absolute Gasteiger partial charge is 0.303 e. The molecule has 0 amide bonds. The molecular weight excluding hydrogens is 454 g/mol. The minimum absolute atomic E-state index is 0.0943. The molecule has 0 aliphatic heterocycles. The number of aryl methyl sites for hydroxylation is 1. The molecule has 0 aliphatic rings. The maximum Gasteiger partial charge on any atom is 0.303 e. The van der Waals surface area contributed by atoms with Crippen molar-refractivity contribution >= 4 is 26.9 Å². The summed E-state index contributed by atoms with van der Waals surface area (Å²) in [7, 11) is -2.33. The highest BCUT2D eigenvalue weighted by molar-refractivity contribution is 7.90. The third kappa shape index (κ3) is 4.63. The van der Waals surface area contributed by atoms with Gasteiger partial charge in [0.25, 0.3) is 10.0 Å². The predicted molar refractivity (Wildman–Crippen MR) is 130 cm³/mol. The molecule has 1 N–H and O–H groups in total. The first kappa shape index (κ1) is 23.4. The lowest BCUT2D eigenvalue weighted by molar-refractivity contribution is -0.136. The molecule has 4 aromatic rings. The summed E-state index contributed by atoms with van der Waals surface area (Å²) in [5.74, 6) is 0.348. The van der Waals surface area contributed by atoms with E-state index in [0.29, 0.717) is 28.8 Å². The summed E-state index contributed by atoms with van der Waals surface area (Å²) in [6.07, 6.45) is 1.64. The summed E-state index contributed by atoms with van der Waals surface area (Å²) in [5.41, 5.74) is 2.91. The van der Waals surface area contributed by atoms with Gasteiger partial charge in [-0.1, -0.05) is 24.3 Å². The van der Waals surface area contributed by atoms with Gasteiger partial charge in [0.2, 0.25) is 0 Å². The third-order valence-corrected chi connectivity index (χ3v) is 7.27. The Kier molecular flexibility index (Phi) is 6.61.